The first kappa shape index (κ1) is 14.1. The molecule has 2 heterocycles. The predicted molar refractivity (Wildman–Crippen MR) is 83.7 cm³/mol. The van der Waals surface area contributed by atoms with Gasteiger partial charge in [0.15, 0.2) is 5.65 Å². The predicted octanol–water partition coefficient (Wildman–Crippen LogP) is 2.86. The topological polar surface area (TPSA) is 78.8 Å². The van der Waals surface area contributed by atoms with E-state index in [4.69, 9.17) is 10.5 Å². The second-order valence-electron chi connectivity index (χ2n) is 6.09. The van der Waals surface area contributed by atoms with Gasteiger partial charge < -0.3 is 10.5 Å². The van der Waals surface area contributed by atoms with Crippen molar-refractivity contribution in [3.63, 3.8) is 0 Å². The Labute approximate surface area is 128 Å². The Kier molecular flexibility index (Phi) is 3.14. The molecule has 0 spiro atoms. The highest BCUT2D eigenvalue weighted by Crippen LogP contribution is 2.33. The number of hydrogen-bond donors (Lipinski definition) is 1. The number of ether oxygens (including phenoxy) is 1. The van der Waals surface area contributed by atoms with Crippen LogP contribution >= 0.6 is 0 Å². The average molecular weight is 295 g/mol. The van der Waals surface area contributed by atoms with Crippen LogP contribution in [0.25, 0.3) is 11.0 Å². The third-order valence-electron chi connectivity index (χ3n) is 3.15. The van der Waals surface area contributed by atoms with Crippen molar-refractivity contribution in [2.75, 3.05) is 5.73 Å². The third kappa shape index (κ3) is 2.42. The first-order valence-electron chi connectivity index (χ1n) is 6.94. The number of rotatable bonds is 2. The van der Waals surface area contributed by atoms with Gasteiger partial charge in [-0.2, -0.15) is 0 Å². The zero-order chi connectivity index (χ0) is 15.9. The highest BCUT2D eigenvalue weighted by molar-refractivity contribution is 5.91. The van der Waals surface area contributed by atoms with Gasteiger partial charge in [-0.05, 0) is 33.8 Å². The molecule has 0 amide bonds. The first-order chi connectivity index (χ1) is 10.4. The van der Waals surface area contributed by atoms with Crippen LogP contribution in [-0.2, 0) is 5.54 Å². The van der Waals surface area contributed by atoms with E-state index in [1.54, 1.807) is 10.7 Å². The fraction of sp³-hybridized carbons (Fsp3) is 0.312. The van der Waals surface area contributed by atoms with Crippen LogP contribution in [0.5, 0.6) is 11.6 Å². The number of fused-ring (bicyclic) bond motifs is 1. The lowest BCUT2D eigenvalue weighted by Gasteiger charge is -2.19. The van der Waals surface area contributed by atoms with Crippen molar-refractivity contribution >= 4 is 16.9 Å². The van der Waals surface area contributed by atoms with E-state index in [2.05, 4.69) is 27.2 Å². The normalized spacial score (nSPS) is 11.5. The number of hydrogen-bond acceptors (Lipinski definition) is 5. The molecule has 0 saturated carbocycles. The Morgan fingerprint density at radius 3 is 2.73 bits per heavy atom. The summed E-state index contributed by atoms with van der Waals surface area (Å²) in [6.45, 7) is 8.04. The minimum absolute atomic E-state index is 0.257. The molecule has 6 heteroatoms. The number of nitrogens with two attached hydrogens (primary N) is 1. The van der Waals surface area contributed by atoms with Crippen molar-refractivity contribution in [3.05, 3.63) is 36.2 Å². The van der Waals surface area contributed by atoms with Gasteiger partial charge in [-0.1, -0.05) is 12.1 Å². The van der Waals surface area contributed by atoms with Crippen LogP contribution in [-0.4, -0.2) is 19.7 Å². The fourth-order valence-electron chi connectivity index (χ4n) is 2.17. The van der Waals surface area contributed by atoms with Gasteiger partial charge in [0, 0.05) is 11.6 Å². The molecule has 2 aromatic heterocycles. The van der Waals surface area contributed by atoms with Crippen LogP contribution in [0.2, 0.25) is 0 Å². The van der Waals surface area contributed by atoms with Crippen LogP contribution in [0.4, 0.5) is 5.82 Å². The lowest BCUT2D eigenvalue weighted by molar-refractivity contribution is 0.349. The minimum Gasteiger partial charge on any atom is -0.436 e. The van der Waals surface area contributed by atoms with E-state index in [9.17, 15) is 0 Å². The summed E-state index contributed by atoms with van der Waals surface area (Å²) in [5.74, 6) is 1.36. The molecule has 0 aliphatic rings. The van der Waals surface area contributed by atoms with E-state index in [1.807, 2.05) is 33.8 Å². The average Bonchev–Trinajstić information content (AvgIpc) is 2.79. The molecule has 0 fully saturated rings. The number of aryl methyl sites for hydroxylation is 1. The maximum atomic E-state index is 6.00. The fourth-order valence-corrected chi connectivity index (χ4v) is 2.17. The molecule has 22 heavy (non-hydrogen) atoms. The van der Waals surface area contributed by atoms with Crippen LogP contribution in [0.3, 0.4) is 0 Å². The van der Waals surface area contributed by atoms with Crippen molar-refractivity contribution in [3.8, 4) is 11.6 Å². The molecule has 1 aromatic carbocycles. The largest absolute Gasteiger partial charge is 0.436 e. The van der Waals surface area contributed by atoms with E-state index in [0.29, 0.717) is 28.5 Å². The lowest BCUT2D eigenvalue weighted by atomic mass is 10.1. The molecule has 0 bridgehead atoms. The van der Waals surface area contributed by atoms with Crippen molar-refractivity contribution < 1.29 is 4.74 Å². The van der Waals surface area contributed by atoms with Crippen LogP contribution in [0.15, 0.2) is 18.5 Å². The third-order valence-corrected chi connectivity index (χ3v) is 3.15. The minimum atomic E-state index is -0.257. The van der Waals surface area contributed by atoms with Gasteiger partial charge in [-0.3, -0.25) is 0 Å². The van der Waals surface area contributed by atoms with Crippen molar-refractivity contribution in [2.24, 2.45) is 0 Å². The standard InChI is InChI=1S/C16H17N5O/c1-10-6-5-7-11(8-10)22-15-12-13(17)18-9-19-14(12)21(20-15)16(2,3)4/h7-9H,1-4H3,(H2,17,18,19). The van der Waals surface area contributed by atoms with Crippen LogP contribution < -0.4 is 10.5 Å². The van der Waals surface area contributed by atoms with Gasteiger partial charge in [0.05, 0.1) is 5.54 Å². The smallest absolute Gasteiger partial charge is 0.251 e. The van der Waals surface area contributed by atoms with Gasteiger partial charge in [-0.15, -0.1) is 5.10 Å². The summed E-state index contributed by atoms with van der Waals surface area (Å²) < 4.78 is 7.68. The van der Waals surface area contributed by atoms with E-state index in [-0.39, 0.29) is 5.54 Å². The molecule has 0 unspecified atom stereocenters. The summed E-state index contributed by atoms with van der Waals surface area (Å²) in [4.78, 5) is 8.35. The SMILES string of the molecule is Cc1c#ccc(Oc2nn(C(C)(C)C)c3ncnc(N)c23)c1. The summed E-state index contributed by atoms with van der Waals surface area (Å²) in [5, 5.41) is 5.15. The molecule has 112 valence electrons. The molecule has 0 saturated heterocycles. The summed E-state index contributed by atoms with van der Waals surface area (Å²) in [6.07, 6.45) is 1.43. The van der Waals surface area contributed by atoms with Gasteiger partial charge in [0.25, 0.3) is 5.88 Å². The second kappa shape index (κ2) is 4.88. The molecular formula is C16H17N5O. The highest BCUT2D eigenvalue weighted by atomic mass is 16.5. The molecule has 0 atom stereocenters. The molecule has 0 radical (unpaired) electrons. The second-order valence-corrected chi connectivity index (χ2v) is 6.09. The Bertz CT molecular complexity index is 832. The Hall–Kier alpha value is -2.81. The highest BCUT2D eigenvalue weighted by Gasteiger charge is 2.24. The number of nitrogens with zero attached hydrogens (tertiary/aromatic N) is 4. The van der Waals surface area contributed by atoms with E-state index in [1.165, 1.54) is 6.33 Å². The van der Waals surface area contributed by atoms with Crippen molar-refractivity contribution in [2.45, 2.75) is 33.2 Å². The molecule has 3 rings (SSSR count). The quantitative estimate of drug-likeness (QED) is 0.786. The summed E-state index contributed by atoms with van der Waals surface area (Å²) in [6, 6.07) is 9.42. The Morgan fingerprint density at radius 2 is 2.05 bits per heavy atom. The maximum Gasteiger partial charge on any atom is 0.251 e. The number of nitrogen functional groups attached to an aromatic ring is 1. The zero-order valence-corrected chi connectivity index (χ0v) is 13.0. The lowest BCUT2D eigenvalue weighted by Crippen LogP contribution is -2.23. The monoisotopic (exact) mass is 295 g/mol. The molecular weight excluding hydrogens is 278 g/mol. The molecule has 6 nitrogen and oxygen atoms in total. The van der Waals surface area contributed by atoms with E-state index in [0.717, 1.165) is 5.56 Å². The molecule has 0 aliphatic carbocycles. The Balaban J connectivity index is 2.17. The zero-order valence-electron chi connectivity index (χ0n) is 13.0. The summed E-state index contributed by atoms with van der Waals surface area (Å²) in [7, 11) is 0. The summed E-state index contributed by atoms with van der Waals surface area (Å²) >= 11 is 0. The van der Waals surface area contributed by atoms with E-state index >= 15 is 0 Å². The van der Waals surface area contributed by atoms with Crippen molar-refractivity contribution in [1.82, 2.24) is 19.7 Å². The Morgan fingerprint density at radius 1 is 1.27 bits per heavy atom. The molecule has 3 aromatic rings. The number of aromatic nitrogens is 4. The molecule has 2 N–H and O–H groups in total. The van der Waals surface area contributed by atoms with Gasteiger partial charge in [0.2, 0.25) is 0 Å². The maximum absolute atomic E-state index is 6.00. The van der Waals surface area contributed by atoms with E-state index < -0.39 is 0 Å². The first-order valence-corrected chi connectivity index (χ1v) is 6.94. The van der Waals surface area contributed by atoms with Crippen molar-refractivity contribution in [1.29, 1.82) is 0 Å². The molecule has 0 aliphatic heterocycles. The van der Waals surface area contributed by atoms with Crippen LogP contribution in [0.1, 0.15) is 26.3 Å². The van der Waals surface area contributed by atoms with Gasteiger partial charge >= 0.3 is 0 Å². The van der Waals surface area contributed by atoms with Gasteiger partial charge in [0.1, 0.15) is 23.3 Å². The summed E-state index contributed by atoms with van der Waals surface area (Å²) in [5.41, 5.74) is 7.32. The van der Waals surface area contributed by atoms with Gasteiger partial charge in [-0.25, -0.2) is 14.6 Å². The van der Waals surface area contributed by atoms with Crippen LogP contribution in [0, 0.1) is 19.1 Å². The number of anilines is 1.